The van der Waals surface area contributed by atoms with E-state index in [1.165, 1.54) is 0 Å². The number of Topliss-reactive ketones (excluding diaryl/α,β-unsaturated/α-hetero) is 1. The first kappa shape index (κ1) is 18.0. The van der Waals surface area contributed by atoms with Crippen molar-refractivity contribution in [3.63, 3.8) is 0 Å². The Morgan fingerprint density at radius 1 is 1.32 bits per heavy atom. The topological polar surface area (TPSA) is 140 Å². The maximum atomic E-state index is 11.8. The van der Waals surface area contributed by atoms with E-state index >= 15 is 0 Å². The van der Waals surface area contributed by atoms with E-state index in [9.17, 15) is 19.5 Å². The molecule has 1 fully saturated rings. The van der Waals surface area contributed by atoms with Crippen LogP contribution < -0.4 is 5.32 Å². The van der Waals surface area contributed by atoms with Gasteiger partial charge in [0.1, 0.15) is 12.1 Å². The van der Waals surface area contributed by atoms with Gasteiger partial charge in [-0.1, -0.05) is 25.7 Å². The summed E-state index contributed by atoms with van der Waals surface area (Å²) in [5, 5.41) is 21.1. The number of aliphatic carboxylic acids is 1. The minimum absolute atomic E-state index is 0.137. The third kappa shape index (κ3) is 6.15. The number of carbonyl (C=O) groups excluding carboxylic acids is 2. The minimum Gasteiger partial charge on any atom is -0.480 e. The number of carboxylic acids is 1. The summed E-state index contributed by atoms with van der Waals surface area (Å²) in [7, 11) is 0. The lowest BCUT2D eigenvalue weighted by Crippen LogP contribution is -2.46. The van der Waals surface area contributed by atoms with Crippen LogP contribution in [0.4, 0.5) is 0 Å². The Balaban J connectivity index is 2.46. The first-order valence-corrected chi connectivity index (χ1v) is 7.35. The summed E-state index contributed by atoms with van der Waals surface area (Å²) < 4.78 is 0. The lowest BCUT2D eigenvalue weighted by atomic mass is 9.99. The van der Waals surface area contributed by atoms with Crippen LogP contribution in [0.3, 0.4) is 0 Å². The van der Waals surface area contributed by atoms with Crippen LogP contribution in [0.15, 0.2) is 0 Å². The van der Waals surface area contributed by atoms with Crippen molar-refractivity contribution in [1.82, 2.24) is 5.32 Å². The molecule has 1 amide bonds. The fraction of sp³-hybridized carbons (Fsp3) is 0.714. The van der Waals surface area contributed by atoms with E-state index < -0.39 is 29.8 Å². The van der Waals surface area contributed by atoms with Crippen LogP contribution in [-0.4, -0.2) is 51.0 Å². The second kappa shape index (κ2) is 9.07. The molecule has 0 aliphatic heterocycles. The monoisotopic (exact) mass is 311 g/mol. The molecule has 3 N–H and O–H groups in total. The first-order chi connectivity index (χ1) is 10.4. The Bertz CT molecular complexity index is 467. The molecule has 1 aliphatic carbocycles. The number of nitrogens with zero attached hydrogens (tertiary/aromatic N) is 2. The smallest absolute Gasteiger partial charge is 0.326 e. The molecule has 22 heavy (non-hydrogen) atoms. The molecule has 8 nitrogen and oxygen atoms in total. The summed E-state index contributed by atoms with van der Waals surface area (Å²) in [5.74, 6) is -2.27. The zero-order valence-electron chi connectivity index (χ0n) is 12.3. The molecule has 0 bridgehead atoms. The van der Waals surface area contributed by atoms with Crippen molar-refractivity contribution in [3.05, 3.63) is 5.53 Å². The van der Waals surface area contributed by atoms with E-state index in [0.29, 0.717) is 18.6 Å². The van der Waals surface area contributed by atoms with E-state index in [1.807, 2.05) is 0 Å². The van der Waals surface area contributed by atoms with Crippen LogP contribution in [0, 0.1) is 5.92 Å². The first-order valence-electron chi connectivity index (χ1n) is 7.35. The Kier molecular flexibility index (Phi) is 7.42. The molecule has 0 spiro atoms. The molecule has 2 unspecified atom stereocenters. The van der Waals surface area contributed by atoms with Gasteiger partial charge >= 0.3 is 12.2 Å². The van der Waals surface area contributed by atoms with Gasteiger partial charge in [0.25, 0.3) is 0 Å². The molecule has 1 aliphatic rings. The Labute approximate surface area is 128 Å². The van der Waals surface area contributed by atoms with Crippen LogP contribution in [0.25, 0.3) is 5.53 Å². The molecule has 122 valence electrons. The van der Waals surface area contributed by atoms with E-state index in [4.69, 9.17) is 10.6 Å². The second-order valence-corrected chi connectivity index (χ2v) is 5.55. The van der Waals surface area contributed by atoms with Gasteiger partial charge in [-0.3, -0.25) is 9.59 Å². The van der Waals surface area contributed by atoms with E-state index in [2.05, 4.69) is 10.1 Å². The molecule has 0 radical (unpaired) electrons. The fourth-order valence-electron chi connectivity index (χ4n) is 2.61. The van der Waals surface area contributed by atoms with E-state index in [0.717, 1.165) is 25.7 Å². The molecule has 8 heteroatoms. The van der Waals surface area contributed by atoms with Crippen LogP contribution in [0.5, 0.6) is 0 Å². The molecule has 1 rings (SSSR count). The maximum Gasteiger partial charge on any atom is 0.326 e. The Hall–Kier alpha value is -2.05. The molecule has 1 saturated carbocycles. The molecule has 0 aromatic carbocycles. The van der Waals surface area contributed by atoms with Crippen LogP contribution in [0.1, 0.15) is 44.9 Å². The van der Waals surface area contributed by atoms with Crippen molar-refractivity contribution in [3.8, 4) is 0 Å². The molecule has 0 saturated heterocycles. The van der Waals surface area contributed by atoms with Gasteiger partial charge in [0.15, 0.2) is 0 Å². The largest absolute Gasteiger partial charge is 0.480 e. The van der Waals surface area contributed by atoms with Crippen molar-refractivity contribution in [2.75, 3.05) is 0 Å². The zero-order chi connectivity index (χ0) is 16.5. The summed E-state index contributed by atoms with van der Waals surface area (Å²) in [6, 6.07) is -1.26. The van der Waals surface area contributed by atoms with Crippen LogP contribution in [0.2, 0.25) is 0 Å². The number of aliphatic hydroxyl groups is 1. The third-order valence-electron chi connectivity index (χ3n) is 3.83. The second-order valence-electron chi connectivity index (χ2n) is 5.55. The van der Waals surface area contributed by atoms with Crippen molar-refractivity contribution >= 4 is 23.9 Å². The Morgan fingerprint density at radius 2 is 1.95 bits per heavy atom. The van der Waals surface area contributed by atoms with Crippen LogP contribution >= 0.6 is 0 Å². The number of nitrogens with one attached hydrogen (secondary N) is 1. The summed E-state index contributed by atoms with van der Waals surface area (Å²) in [6.07, 6.45) is 3.58. The number of ketones is 1. The molecule has 0 aromatic heterocycles. The fourth-order valence-corrected chi connectivity index (χ4v) is 2.61. The lowest BCUT2D eigenvalue weighted by Gasteiger charge is -2.18. The summed E-state index contributed by atoms with van der Waals surface area (Å²) in [5.41, 5.74) is 8.19. The lowest BCUT2D eigenvalue weighted by molar-refractivity contribution is -0.143. The number of rotatable bonds is 9. The highest BCUT2D eigenvalue weighted by Crippen LogP contribution is 2.28. The van der Waals surface area contributed by atoms with Crippen molar-refractivity contribution in [2.45, 2.75) is 57.1 Å². The average molecular weight is 311 g/mol. The van der Waals surface area contributed by atoms with Gasteiger partial charge in [-0.05, 0) is 18.8 Å². The number of aliphatic hydroxyl groups excluding tert-OH is 1. The molecule has 0 heterocycles. The molecule has 0 aromatic rings. The van der Waals surface area contributed by atoms with Gasteiger partial charge in [-0.25, -0.2) is 4.79 Å². The van der Waals surface area contributed by atoms with Crippen LogP contribution in [-0.2, 0) is 14.4 Å². The van der Waals surface area contributed by atoms with Gasteiger partial charge < -0.3 is 21.1 Å². The van der Waals surface area contributed by atoms with Gasteiger partial charge in [-0.2, -0.15) is 4.79 Å². The normalized spacial score (nSPS) is 17.3. The number of carboxylic acid groups (broad SMARTS) is 1. The average Bonchev–Trinajstić information content (AvgIpc) is 2.95. The predicted octanol–water partition coefficient (Wildman–Crippen LogP) is 0.147. The van der Waals surface area contributed by atoms with Crippen molar-refractivity contribution in [1.29, 1.82) is 0 Å². The summed E-state index contributed by atoms with van der Waals surface area (Å²) in [6.45, 7) is 0. The third-order valence-corrected chi connectivity index (χ3v) is 3.83. The Morgan fingerprint density at radius 3 is 2.50 bits per heavy atom. The highest BCUT2D eigenvalue weighted by atomic mass is 16.4. The van der Waals surface area contributed by atoms with Gasteiger partial charge in [0.2, 0.25) is 11.7 Å². The van der Waals surface area contributed by atoms with Gasteiger partial charge in [-0.15, -0.1) is 0 Å². The standard InChI is InChI=1S/C14H21N3O5/c15-16-8-10(18)5-6-11(14(21)22)17-13(20)12(19)7-9-3-1-2-4-9/h8-9,11-12,19H,1-7H2,(H,17,20)(H,21,22). The zero-order valence-corrected chi connectivity index (χ0v) is 12.3. The number of carbonyl (C=O) groups is 3. The summed E-state index contributed by atoms with van der Waals surface area (Å²) in [4.78, 5) is 36.6. The number of hydrogen-bond acceptors (Lipinski definition) is 4. The number of hydrogen-bond donors (Lipinski definition) is 3. The van der Waals surface area contributed by atoms with Gasteiger partial charge in [0, 0.05) is 6.42 Å². The minimum atomic E-state index is -1.28. The van der Waals surface area contributed by atoms with Crippen molar-refractivity contribution in [2.24, 2.45) is 5.92 Å². The molecular formula is C14H21N3O5. The SMILES string of the molecule is [N-]=[N+]=CC(=O)CCC(NC(=O)C(O)CC1CCCC1)C(=O)O. The molecule has 2 atom stereocenters. The highest BCUT2D eigenvalue weighted by Gasteiger charge is 2.27. The summed E-state index contributed by atoms with van der Waals surface area (Å²) >= 11 is 0. The maximum absolute atomic E-state index is 11.8. The quantitative estimate of drug-likeness (QED) is 0.316. The predicted molar refractivity (Wildman–Crippen MR) is 76.1 cm³/mol. The van der Waals surface area contributed by atoms with E-state index in [1.54, 1.807) is 0 Å². The molecular weight excluding hydrogens is 290 g/mol. The van der Waals surface area contributed by atoms with E-state index in [-0.39, 0.29) is 12.8 Å². The van der Waals surface area contributed by atoms with Crippen molar-refractivity contribution < 1.29 is 29.4 Å². The highest BCUT2D eigenvalue weighted by molar-refractivity contribution is 6.25. The number of amides is 1. The van der Waals surface area contributed by atoms with Gasteiger partial charge in [0.05, 0.1) is 0 Å².